The molecular weight excluding hydrogens is 302 g/mol. The highest BCUT2D eigenvalue weighted by Crippen LogP contribution is 2.33. The Bertz CT molecular complexity index is 536. The van der Waals surface area contributed by atoms with Crippen LogP contribution < -0.4 is 4.74 Å². The summed E-state index contributed by atoms with van der Waals surface area (Å²) in [6.45, 7) is 7.82. The fraction of sp³-hybridized carbons (Fsp3) is 0.650. The second-order valence-electron chi connectivity index (χ2n) is 6.70. The van der Waals surface area contributed by atoms with E-state index < -0.39 is 0 Å². The fourth-order valence-corrected chi connectivity index (χ4v) is 3.33. The molecule has 4 nitrogen and oxygen atoms in total. The van der Waals surface area contributed by atoms with Crippen molar-refractivity contribution in [2.24, 2.45) is 0 Å². The van der Waals surface area contributed by atoms with E-state index >= 15 is 0 Å². The predicted molar refractivity (Wildman–Crippen MR) is 97.1 cm³/mol. The number of Topliss-reactive ketones (excluding diaryl/α,β-unsaturated/α-hetero) is 1. The van der Waals surface area contributed by atoms with E-state index in [4.69, 9.17) is 4.74 Å². The molecule has 24 heavy (non-hydrogen) atoms. The van der Waals surface area contributed by atoms with Crippen molar-refractivity contribution in [2.75, 3.05) is 26.2 Å². The van der Waals surface area contributed by atoms with Crippen LogP contribution in [-0.2, 0) is 6.42 Å². The highest BCUT2D eigenvalue weighted by atomic mass is 16.5. The van der Waals surface area contributed by atoms with Crippen molar-refractivity contribution >= 4 is 5.78 Å². The molecule has 0 atom stereocenters. The summed E-state index contributed by atoms with van der Waals surface area (Å²) in [7, 11) is 0. The topological polar surface area (TPSA) is 49.8 Å². The summed E-state index contributed by atoms with van der Waals surface area (Å²) in [6, 6.07) is 3.49. The highest BCUT2D eigenvalue weighted by Gasteiger charge is 2.16. The first-order valence-corrected chi connectivity index (χ1v) is 9.34. The number of phenols is 1. The van der Waals surface area contributed by atoms with Crippen LogP contribution in [0.4, 0.5) is 0 Å². The van der Waals surface area contributed by atoms with Gasteiger partial charge in [-0.1, -0.05) is 19.8 Å². The number of likely N-dealkylation sites (tertiary alicyclic amines) is 1. The molecule has 0 saturated carbocycles. The number of rotatable bonds is 9. The number of aromatic hydroxyl groups is 1. The molecule has 0 aromatic heterocycles. The highest BCUT2D eigenvalue weighted by molar-refractivity contribution is 5.97. The van der Waals surface area contributed by atoms with Crippen molar-refractivity contribution in [3.8, 4) is 11.5 Å². The number of carbonyl (C=O) groups is 1. The number of nitrogens with zero attached hydrogens (tertiary/aromatic N) is 1. The van der Waals surface area contributed by atoms with E-state index in [1.807, 2.05) is 6.07 Å². The average Bonchev–Trinajstić information content (AvgIpc) is 2.58. The zero-order valence-corrected chi connectivity index (χ0v) is 15.1. The van der Waals surface area contributed by atoms with Gasteiger partial charge in [0.25, 0.3) is 0 Å². The Morgan fingerprint density at radius 3 is 2.62 bits per heavy atom. The number of benzene rings is 1. The van der Waals surface area contributed by atoms with Gasteiger partial charge in [0.05, 0.1) is 12.2 Å². The third-order valence-electron chi connectivity index (χ3n) is 4.69. The Labute approximate surface area is 145 Å². The monoisotopic (exact) mass is 333 g/mol. The van der Waals surface area contributed by atoms with Crippen molar-refractivity contribution in [1.82, 2.24) is 4.90 Å². The molecule has 1 saturated heterocycles. The normalized spacial score (nSPS) is 15.4. The second-order valence-corrected chi connectivity index (χ2v) is 6.70. The van der Waals surface area contributed by atoms with Gasteiger partial charge in [0.1, 0.15) is 11.5 Å². The molecule has 1 aromatic carbocycles. The molecule has 2 rings (SSSR count). The lowest BCUT2D eigenvalue weighted by molar-refractivity contribution is 0.101. The molecule has 0 amide bonds. The van der Waals surface area contributed by atoms with Crippen molar-refractivity contribution in [2.45, 2.75) is 58.8 Å². The van der Waals surface area contributed by atoms with E-state index in [1.54, 1.807) is 6.07 Å². The molecule has 134 valence electrons. The van der Waals surface area contributed by atoms with E-state index in [9.17, 15) is 9.90 Å². The van der Waals surface area contributed by atoms with Gasteiger partial charge in [-0.3, -0.25) is 4.79 Å². The minimum absolute atomic E-state index is 0.0927. The third kappa shape index (κ3) is 5.23. The molecule has 0 unspecified atom stereocenters. The van der Waals surface area contributed by atoms with Crippen LogP contribution >= 0.6 is 0 Å². The van der Waals surface area contributed by atoms with Crippen LogP contribution in [0.25, 0.3) is 0 Å². The smallest absolute Gasteiger partial charge is 0.163 e. The van der Waals surface area contributed by atoms with Crippen LogP contribution in [0, 0.1) is 0 Å². The standard InChI is InChI=1S/C20H31NO3/c1-3-9-18-19(11-10-17(16(2)22)20(18)23)24-15-8-7-14-21-12-5-4-6-13-21/h10-11,23H,3-9,12-15H2,1-2H3. The maximum absolute atomic E-state index is 11.6. The second kappa shape index (κ2) is 9.67. The van der Waals surface area contributed by atoms with Crippen LogP contribution in [0.5, 0.6) is 11.5 Å². The van der Waals surface area contributed by atoms with Gasteiger partial charge >= 0.3 is 0 Å². The molecule has 1 aromatic rings. The van der Waals surface area contributed by atoms with Gasteiger partial charge < -0.3 is 14.7 Å². The Morgan fingerprint density at radius 1 is 1.21 bits per heavy atom. The molecule has 0 aliphatic carbocycles. The Balaban J connectivity index is 1.84. The summed E-state index contributed by atoms with van der Waals surface area (Å²) < 4.78 is 5.90. The summed E-state index contributed by atoms with van der Waals surface area (Å²) in [5.41, 5.74) is 1.15. The number of ether oxygens (including phenoxy) is 1. The molecule has 4 heteroatoms. The lowest BCUT2D eigenvalue weighted by Crippen LogP contribution is -2.30. The SMILES string of the molecule is CCCc1c(OCCCCN2CCCCC2)ccc(C(C)=O)c1O. The van der Waals surface area contributed by atoms with Crippen molar-refractivity contribution in [3.63, 3.8) is 0 Å². The maximum Gasteiger partial charge on any atom is 0.163 e. The number of ketones is 1. The number of phenolic OH excluding ortho intramolecular Hbond substituents is 1. The average molecular weight is 333 g/mol. The minimum Gasteiger partial charge on any atom is -0.507 e. The van der Waals surface area contributed by atoms with E-state index in [0.29, 0.717) is 12.2 Å². The predicted octanol–water partition coefficient (Wildman–Crippen LogP) is 4.19. The lowest BCUT2D eigenvalue weighted by atomic mass is 10.0. The number of hydrogen-bond donors (Lipinski definition) is 1. The van der Waals surface area contributed by atoms with Gasteiger partial charge in [-0.25, -0.2) is 0 Å². The van der Waals surface area contributed by atoms with Crippen LogP contribution in [0.2, 0.25) is 0 Å². The van der Waals surface area contributed by atoms with Gasteiger partial charge in [-0.15, -0.1) is 0 Å². The van der Waals surface area contributed by atoms with Crippen LogP contribution in [-0.4, -0.2) is 42.0 Å². The molecule has 1 N–H and O–H groups in total. The van der Waals surface area contributed by atoms with Crippen molar-refractivity contribution in [3.05, 3.63) is 23.3 Å². The first-order valence-electron chi connectivity index (χ1n) is 9.34. The van der Waals surface area contributed by atoms with Crippen LogP contribution in [0.3, 0.4) is 0 Å². The quantitative estimate of drug-likeness (QED) is 0.544. The fourth-order valence-electron chi connectivity index (χ4n) is 3.33. The largest absolute Gasteiger partial charge is 0.507 e. The van der Waals surface area contributed by atoms with Crippen LogP contribution in [0.15, 0.2) is 12.1 Å². The maximum atomic E-state index is 11.6. The summed E-state index contributed by atoms with van der Waals surface area (Å²) in [5, 5.41) is 10.3. The first kappa shape index (κ1) is 18.8. The Kier molecular flexibility index (Phi) is 7.57. The number of carbonyl (C=O) groups excluding carboxylic acids is 1. The molecule has 0 bridgehead atoms. The molecule has 0 radical (unpaired) electrons. The van der Waals surface area contributed by atoms with E-state index in [1.165, 1.54) is 39.3 Å². The summed E-state index contributed by atoms with van der Waals surface area (Å²) >= 11 is 0. The van der Waals surface area contributed by atoms with Crippen molar-refractivity contribution < 1.29 is 14.6 Å². The summed E-state index contributed by atoms with van der Waals surface area (Å²) in [4.78, 5) is 14.1. The van der Waals surface area contributed by atoms with Crippen LogP contribution in [0.1, 0.15) is 68.3 Å². The van der Waals surface area contributed by atoms with Gasteiger partial charge in [0.15, 0.2) is 5.78 Å². The number of piperidine rings is 1. The minimum atomic E-state index is -0.113. The number of unbranched alkanes of at least 4 members (excludes halogenated alkanes) is 1. The molecule has 1 aliphatic rings. The Morgan fingerprint density at radius 2 is 1.96 bits per heavy atom. The molecule has 1 fully saturated rings. The van der Waals surface area contributed by atoms with Crippen molar-refractivity contribution in [1.29, 1.82) is 0 Å². The zero-order chi connectivity index (χ0) is 17.4. The van der Waals surface area contributed by atoms with E-state index in [0.717, 1.165) is 43.5 Å². The Hall–Kier alpha value is -1.55. The number of hydrogen-bond acceptors (Lipinski definition) is 4. The summed E-state index contributed by atoms with van der Waals surface area (Å²) in [5.74, 6) is 0.699. The molecular formula is C20H31NO3. The van der Waals surface area contributed by atoms with E-state index in [-0.39, 0.29) is 11.5 Å². The van der Waals surface area contributed by atoms with E-state index in [2.05, 4.69) is 11.8 Å². The third-order valence-corrected chi connectivity index (χ3v) is 4.69. The van der Waals surface area contributed by atoms with Gasteiger partial charge in [0, 0.05) is 5.56 Å². The molecule has 0 spiro atoms. The molecule has 1 heterocycles. The van der Waals surface area contributed by atoms with Gasteiger partial charge in [0.2, 0.25) is 0 Å². The molecule has 1 aliphatic heterocycles. The van der Waals surface area contributed by atoms with Gasteiger partial charge in [-0.05, 0) is 70.8 Å². The first-order chi connectivity index (χ1) is 11.6. The van der Waals surface area contributed by atoms with Gasteiger partial charge in [-0.2, -0.15) is 0 Å². The summed E-state index contributed by atoms with van der Waals surface area (Å²) in [6.07, 6.45) is 7.81. The zero-order valence-electron chi connectivity index (χ0n) is 15.1. The lowest BCUT2D eigenvalue weighted by Gasteiger charge is -2.26.